The van der Waals surface area contributed by atoms with Crippen LogP contribution >= 0.6 is 0 Å². The van der Waals surface area contributed by atoms with Gasteiger partial charge in [0, 0.05) is 37.3 Å². The number of hydrogen-bond acceptors (Lipinski definition) is 4. The van der Waals surface area contributed by atoms with Crippen LogP contribution in [-0.4, -0.2) is 56.1 Å². The van der Waals surface area contributed by atoms with Crippen LogP contribution in [0.15, 0.2) is 18.3 Å². The van der Waals surface area contributed by atoms with Gasteiger partial charge < -0.3 is 10.2 Å². The van der Waals surface area contributed by atoms with Crippen molar-refractivity contribution in [3.63, 3.8) is 0 Å². The molecule has 0 saturated carbocycles. The van der Waals surface area contributed by atoms with Gasteiger partial charge in [-0.25, -0.2) is 4.68 Å². The van der Waals surface area contributed by atoms with E-state index in [0.717, 1.165) is 4.68 Å². The number of aromatic nitrogens is 4. The van der Waals surface area contributed by atoms with Crippen molar-refractivity contribution < 1.29 is 18.0 Å². The highest BCUT2D eigenvalue weighted by molar-refractivity contribution is 5.92. The van der Waals surface area contributed by atoms with Crippen molar-refractivity contribution in [2.45, 2.75) is 50.9 Å². The summed E-state index contributed by atoms with van der Waals surface area (Å²) in [5, 5.41) is 13.9. The Morgan fingerprint density at radius 3 is 2.79 bits per heavy atom. The molecule has 7 nitrogen and oxygen atoms in total. The monoisotopic (exact) mass is 396 g/mol. The molecular weight excluding hydrogens is 373 g/mol. The Morgan fingerprint density at radius 1 is 1.36 bits per heavy atom. The SMILES string of the molecule is CC(C)[C@@H]1C[C@H](C(F)(F)F)n2nc(C3CCN(C(=O)c4ccn[nH]4)C3)cc2N1. The summed E-state index contributed by atoms with van der Waals surface area (Å²) in [6.45, 7) is 4.79. The largest absolute Gasteiger partial charge is 0.410 e. The Morgan fingerprint density at radius 2 is 2.14 bits per heavy atom. The van der Waals surface area contributed by atoms with Crippen LogP contribution in [0.25, 0.3) is 0 Å². The molecule has 1 unspecified atom stereocenters. The third-order valence-corrected chi connectivity index (χ3v) is 5.67. The van der Waals surface area contributed by atoms with E-state index in [0.29, 0.717) is 36.7 Å². The maximum atomic E-state index is 13.6. The fourth-order valence-electron chi connectivity index (χ4n) is 3.99. The normalized spacial score (nSPS) is 25.1. The second-order valence-electron chi connectivity index (χ2n) is 7.89. The minimum Gasteiger partial charge on any atom is -0.367 e. The van der Waals surface area contributed by atoms with Crippen LogP contribution in [0.3, 0.4) is 0 Å². The molecule has 2 aromatic rings. The van der Waals surface area contributed by atoms with E-state index in [9.17, 15) is 18.0 Å². The van der Waals surface area contributed by atoms with E-state index < -0.39 is 12.2 Å². The molecule has 0 spiro atoms. The average molecular weight is 396 g/mol. The van der Waals surface area contributed by atoms with Gasteiger partial charge in [-0.2, -0.15) is 23.4 Å². The highest BCUT2D eigenvalue weighted by atomic mass is 19.4. The van der Waals surface area contributed by atoms with Crippen LogP contribution in [0.2, 0.25) is 0 Å². The van der Waals surface area contributed by atoms with Crippen molar-refractivity contribution in [2.75, 3.05) is 18.4 Å². The number of likely N-dealkylation sites (tertiary alicyclic amines) is 1. The second kappa shape index (κ2) is 6.82. The summed E-state index contributed by atoms with van der Waals surface area (Å²) < 4.78 is 41.9. The summed E-state index contributed by atoms with van der Waals surface area (Å²) in [4.78, 5) is 14.1. The van der Waals surface area contributed by atoms with E-state index in [4.69, 9.17) is 0 Å². The highest BCUT2D eigenvalue weighted by Gasteiger charge is 2.47. The lowest BCUT2D eigenvalue weighted by Gasteiger charge is -2.35. The first-order chi connectivity index (χ1) is 13.2. The lowest BCUT2D eigenvalue weighted by molar-refractivity contribution is -0.174. The number of carbonyl (C=O) groups is 1. The molecule has 2 aliphatic heterocycles. The van der Waals surface area contributed by atoms with E-state index in [2.05, 4.69) is 20.6 Å². The molecular formula is C18H23F3N6O. The predicted molar refractivity (Wildman–Crippen MR) is 96.0 cm³/mol. The summed E-state index contributed by atoms with van der Waals surface area (Å²) in [6.07, 6.45) is -2.21. The summed E-state index contributed by atoms with van der Waals surface area (Å²) in [5.74, 6) is 0.236. The Labute approximate surface area is 160 Å². The van der Waals surface area contributed by atoms with E-state index in [1.165, 1.54) is 6.20 Å². The first kappa shape index (κ1) is 18.8. The molecule has 0 radical (unpaired) electrons. The quantitative estimate of drug-likeness (QED) is 0.835. The van der Waals surface area contributed by atoms with Crippen molar-refractivity contribution in [3.8, 4) is 0 Å². The van der Waals surface area contributed by atoms with Gasteiger partial charge in [-0.3, -0.25) is 9.89 Å². The fourth-order valence-corrected chi connectivity index (χ4v) is 3.99. The van der Waals surface area contributed by atoms with Crippen molar-refractivity contribution in [2.24, 2.45) is 5.92 Å². The molecule has 0 aliphatic carbocycles. The first-order valence-corrected chi connectivity index (χ1v) is 9.45. The van der Waals surface area contributed by atoms with Gasteiger partial charge in [0.1, 0.15) is 11.5 Å². The summed E-state index contributed by atoms with van der Waals surface area (Å²) in [5.41, 5.74) is 1.00. The number of halogens is 3. The second-order valence-corrected chi connectivity index (χ2v) is 7.89. The van der Waals surface area contributed by atoms with Crippen LogP contribution < -0.4 is 5.32 Å². The molecule has 3 atom stereocenters. The number of aromatic amines is 1. The van der Waals surface area contributed by atoms with E-state index >= 15 is 0 Å². The van der Waals surface area contributed by atoms with Crippen molar-refractivity contribution >= 4 is 11.7 Å². The van der Waals surface area contributed by atoms with Gasteiger partial charge in [0.2, 0.25) is 0 Å². The van der Waals surface area contributed by atoms with Gasteiger partial charge in [0.25, 0.3) is 5.91 Å². The third kappa shape index (κ3) is 3.35. The molecule has 1 amide bonds. The summed E-state index contributed by atoms with van der Waals surface area (Å²) in [6, 6.07) is 1.43. The lowest BCUT2D eigenvalue weighted by Crippen LogP contribution is -2.41. The van der Waals surface area contributed by atoms with Crippen LogP contribution in [0.5, 0.6) is 0 Å². The molecule has 4 heterocycles. The molecule has 10 heteroatoms. The number of amides is 1. The molecule has 1 saturated heterocycles. The van der Waals surface area contributed by atoms with Gasteiger partial charge in [-0.15, -0.1) is 0 Å². The number of carbonyl (C=O) groups excluding carboxylic acids is 1. The number of nitrogens with one attached hydrogen (secondary N) is 2. The summed E-state index contributed by atoms with van der Waals surface area (Å²) >= 11 is 0. The minimum absolute atomic E-state index is 0.0373. The highest BCUT2D eigenvalue weighted by Crippen LogP contribution is 2.42. The van der Waals surface area contributed by atoms with Crippen molar-refractivity contribution in [3.05, 3.63) is 29.7 Å². The molecule has 0 bridgehead atoms. The van der Waals surface area contributed by atoms with Crippen molar-refractivity contribution in [1.29, 1.82) is 0 Å². The van der Waals surface area contributed by atoms with E-state index in [1.807, 2.05) is 13.8 Å². The minimum atomic E-state index is -4.36. The number of rotatable bonds is 3. The van der Waals surface area contributed by atoms with Crippen LogP contribution in [-0.2, 0) is 0 Å². The number of anilines is 1. The number of fused-ring (bicyclic) bond motifs is 1. The van der Waals surface area contributed by atoms with Gasteiger partial charge in [-0.1, -0.05) is 13.8 Å². The number of hydrogen-bond donors (Lipinski definition) is 2. The van der Waals surface area contributed by atoms with Crippen LogP contribution in [0, 0.1) is 5.92 Å². The number of H-pyrrole nitrogens is 1. The van der Waals surface area contributed by atoms with Gasteiger partial charge >= 0.3 is 6.18 Å². The summed E-state index contributed by atoms with van der Waals surface area (Å²) in [7, 11) is 0. The zero-order valence-corrected chi connectivity index (χ0v) is 15.7. The van der Waals surface area contributed by atoms with Gasteiger partial charge in [0.15, 0.2) is 6.04 Å². The topological polar surface area (TPSA) is 78.8 Å². The first-order valence-electron chi connectivity index (χ1n) is 9.45. The lowest BCUT2D eigenvalue weighted by atomic mass is 9.94. The van der Waals surface area contributed by atoms with Gasteiger partial charge in [0.05, 0.1) is 5.69 Å². The van der Waals surface area contributed by atoms with Crippen LogP contribution in [0.1, 0.15) is 54.8 Å². The Hall–Kier alpha value is -2.52. The Bertz CT molecular complexity index is 844. The standard InChI is InChI=1S/C18H23F3N6O/c1-10(2)13-7-15(18(19,20)21)27-16(23-13)8-14(25-27)11-4-6-26(9-11)17(28)12-3-5-22-24-12/h3,5,8,10-11,13,15,23H,4,6-7,9H2,1-2H3,(H,22,24)/t11?,13-,15+/m0/s1. The maximum Gasteiger partial charge on any atom is 0.410 e. The Balaban J connectivity index is 1.55. The molecule has 152 valence electrons. The molecule has 2 aliphatic rings. The fraction of sp³-hybridized carbons (Fsp3) is 0.611. The molecule has 28 heavy (non-hydrogen) atoms. The molecule has 0 aromatic carbocycles. The average Bonchev–Trinajstić information content (AvgIpc) is 3.38. The molecule has 4 rings (SSSR count). The van der Waals surface area contributed by atoms with E-state index in [1.54, 1.807) is 17.0 Å². The smallest absolute Gasteiger partial charge is 0.367 e. The molecule has 2 aromatic heterocycles. The van der Waals surface area contributed by atoms with Crippen LogP contribution in [0.4, 0.5) is 19.0 Å². The van der Waals surface area contributed by atoms with E-state index in [-0.39, 0.29) is 30.2 Å². The van der Waals surface area contributed by atoms with Crippen molar-refractivity contribution in [1.82, 2.24) is 24.9 Å². The maximum absolute atomic E-state index is 13.6. The number of nitrogens with zero attached hydrogens (tertiary/aromatic N) is 4. The Kier molecular flexibility index (Phi) is 4.59. The number of alkyl halides is 3. The third-order valence-electron chi connectivity index (χ3n) is 5.67. The zero-order chi connectivity index (χ0) is 20.1. The zero-order valence-electron chi connectivity index (χ0n) is 15.7. The predicted octanol–water partition coefficient (Wildman–Crippen LogP) is 3.18. The van der Waals surface area contributed by atoms with Gasteiger partial charge in [-0.05, 0) is 24.8 Å². The molecule has 2 N–H and O–H groups in total. The molecule has 1 fully saturated rings.